The summed E-state index contributed by atoms with van der Waals surface area (Å²) in [5.74, 6) is -0.175. The molecule has 1 atom stereocenters. The number of hydrogen-bond acceptors (Lipinski definition) is 3. The summed E-state index contributed by atoms with van der Waals surface area (Å²) in [6, 6.07) is 7.42. The average Bonchev–Trinajstić information content (AvgIpc) is 2.60. The lowest BCUT2D eigenvalue weighted by Gasteiger charge is -2.23. The van der Waals surface area contributed by atoms with Gasteiger partial charge in [-0.05, 0) is 25.0 Å². The van der Waals surface area contributed by atoms with Crippen LogP contribution in [0.5, 0.6) is 0 Å². The van der Waals surface area contributed by atoms with Crippen LogP contribution in [0.2, 0.25) is 0 Å². The SMILES string of the molecule is CCCCNC(=O)CN1C(=O)C(C)NCc2ccccc21. The molecule has 1 aromatic carbocycles. The molecule has 1 heterocycles. The van der Waals surface area contributed by atoms with Gasteiger partial charge in [-0.1, -0.05) is 31.5 Å². The number of amides is 2. The number of unbranched alkanes of at least 4 members (excludes halogenated alkanes) is 1. The number of benzene rings is 1. The maximum Gasteiger partial charge on any atom is 0.244 e. The Labute approximate surface area is 125 Å². The maximum atomic E-state index is 12.5. The molecule has 0 bridgehead atoms. The first-order valence-electron chi connectivity index (χ1n) is 7.53. The Morgan fingerprint density at radius 1 is 1.43 bits per heavy atom. The van der Waals surface area contributed by atoms with E-state index in [-0.39, 0.29) is 24.4 Å². The molecule has 1 aliphatic rings. The molecule has 0 saturated carbocycles. The van der Waals surface area contributed by atoms with Crippen molar-refractivity contribution in [2.45, 2.75) is 39.3 Å². The number of nitrogens with one attached hydrogen (secondary N) is 2. The van der Waals surface area contributed by atoms with Gasteiger partial charge in [0.25, 0.3) is 0 Å². The molecule has 1 unspecified atom stereocenters. The summed E-state index contributed by atoms with van der Waals surface area (Å²) >= 11 is 0. The molecule has 0 aliphatic carbocycles. The molecule has 21 heavy (non-hydrogen) atoms. The third kappa shape index (κ3) is 3.82. The Morgan fingerprint density at radius 3 is 2.95 bits per heavy atom. The number of hydrogen-bond donors (Lipinski definition) is 2. The molecular weight excluding hydrogens is 266 g/mol. The van der Waals surface area contributed by atoms with E-state index in [4.69, 9.17) is 0 Å². The number of para-hydroxylation sites is 1. The summed E-state index contributed by atoms with van der Waals surface area (Å²) in [6.07, 6.45) is 1.99. The molecule has 0 spiro atoms. The summed E-state index contributed by atoms with van der Waals surface area (Å²) in [6.45, 7) is 5.28. The van der Waals surface area contributed by atoms with E-state index in [9.17, 15) is 9.59 Å². The summed E-state index contributed by atoms with van der Waals surface area (Å²) in [7, 11) is 0. The molecule has 2 amide bonds. The van der Waals surface area contributed by atoms with Crippen molar-refractivity contribution in [3.05, 3.63) is 29.8 Å². The third-order valence-corrected chi connectivity index (χ3v) is 3.67. The van der Waals surface area contributed by atoms with Crippen LogP contribution in [0.4, 0.5) is 5.69 Å². The minimum atomic E-state index is -0.291. The first-order chi connectivity index (χ1) is 10.1. The van der Waals surface area contributed by atoms with Crippen molar-refractivity contribution in [1.29, 1.82) is 0 Å². The first kappa shape index (κ1) is 15.5. The smallest absolute Gasteiger partial charge is 0.244 e. The predicted octanol–water partition coefficient (Wildman–Crippen LogP) is 1.43. The van der Waals surface area contributed by atoms with Crippen molar-refractivity contribution in [1.82, 2.24) is 10.6 Å². The van der Waals surface area contributed by atoms with Gasteiger partial charge in [-0.3, -0.25) is 9.59 Å². The molecule has 5 heteroatoms. The van der Waals surface area contributed by atoms with Crippen LogP contribution in [0.25, 0.3) is 0 Å². The fourth-order valence-corrected chi connectivity index (χ4v) is 2.39. The molecule has 0 aromatic heterocycles. The Balaban J connectivity index is 2.14. The van der Waals surface area contributed by atoms with Crippen molar-refractivity contribution in [3.8, 4) is 0 Å². The van der Waals surface area contributed by atoms with Gasteiger partial charge < -0.3 is 15.5 Å². The summed E-state index contributed by atoms with van der Waals surface area (Å²) in [4.78, 5) is 26.1. The van der Waals surface area contributed by atoms with Gasteiger partial charge in [0.05, 0.1) is 6.04 Å². The van der Waals surface area contributed by atoms with Crippen molar-refractivity contribution in [2.75, 3.05) is 18.0 Å². The van der Waals surface area contributed by atoms with E-state index in [1.54, 1.807) is 4.90 Å². The minimum Gasteiger partial charge on any atom is -0.355 e. The van der Waals surface area contributed by atoms with E-state index in [0.29, 0.717) is 13.1 Å². The van der Waals surface area contributed by atoms with Gasteiger partial charge in [-0.2, -0.15) is 0 Å². The van der Waals surface area contributed by atoms with Crippen LogP contribution < -0.4 is 15.5 Å². The second-order valence-electron chi connectivity index (χ2n) is 5.36. The van der Waals surface area contributed by atoms with E-state index in [1.807, 2.05) is 31.2 Å². The van der Waals surface area contributed by atoms with Crippen LogP contribution in [-0.2, 0) is 16.1 Å². The van der Waals surface area contributed by atoms with Gasteiger partial charge in [0.1, 0.15) is 6.54 Å². The molecule has 114 valence electrons. The monoisotopic (exact) mass is 289 g/mol. The van der Waals surface area contributed by atoms with Gasteiger partial charge >= 0.3 is 0 Å². The third-order valence-electron chi connectivity index (χ3n) is 3.67. The van der Waals surface area contributed by atoms with Crippen LogP contribution in [0.1, 0.15) is 32.3 Å². The number of nitrogens with zero attached hydrogens (tertiary/aromatic N) is 1. The number of rotatable bonds is 5. The van der Waals surface area contributed by atoms with Gasteiger partial charge in [0.15, 0.2) is 0 Å². The highest BCUT2D eigenvalue weighted by Crippen LogP contribution is 2.23. The fourth-order valence-electron chi connectivity index (χ4n) is 2.39. The Morgan fingerprint density at radius 2 is 2.19 bits per heavy atom. The predicted molar refractivity (Wildman–Crippen MR) is 83.0 cm³/mol. The van der Waals surface area contributed by atoms with E-state index >= 15 is 0 Å². The lowest BCUT2D eigenvalue weighted by atomic mass is 10.1. The van der Waals surface area contributed by atoms with Gasteiger partial charge in [0.2, 0.25) is 11.8 Å². The molecule has 5 nitrogen and oxygen atoms in total. The summed E-state index contributed by atoms with van der Waals surface area (Å²) < 4.78 is 0. The first-order valence-corrected chi connectivity index (χ1v) is 7.53. The van der Waals surface area contributed by atoms with Gasteiger partial charge in [-0.25, -0.2) is 0 Å². The highest BCUT2D eigenvalue weighted by molar-refractivity contribution is 6.02. The number of anilines is 1. The van der Waals surface area contributed by atoms with Crippen molar-refractivity contribution in [2.24, 2.45) is 0 Å². The summed E-state index contributed by atoms with van der Waals surface area (Å²) in [5.41, 5.74) is 1.86. The van der Waals surface area contributed by atoms with E-state index < -0.39 is 0 Å². The van der Waals surface area contributed by atoms with Crippen molar-refractivity contribution >= 4 is 17.5 Å². The maximum absolute atomic E-state index is 12.5. The van der Waals surface area contributed by atoms with Crippen LogP contribution >= 0.6 is 0 Å². The largest absolute Gasteiger partial charge is 0.355 e. The Hall–Kier alpha value is -1.88. The van der Waals surface area contributed by atoms with Crippen LogP contribution in [0.3, 0.4) is 0 Å². The zero-order valence-corrected chi connectivity index (χ0v) is 12.7. The lowest BCUT2D eigenvalue weighted by molar-refractivity contribution is -0.124. The molecule has 0 fully saturated rings. The van der Waals surface area contributed by atoms with Gasteiger partial charge in [-0.15, -0.1) is 0 Å². The van der Waals surface area contributed by atoms with Crippen LogP contribution in [-0.4, -0.2) is 30.9 Å². The zero-order chi connectivity index (χ0) is 15.2. The van der Waals surface area contributed by atoms with E-state index in [0.717, 1.165) is 24.1 Å². The number of carbonyl (C=O) groups is 2. The molecule has 1 aliphatic heterocycles. The normalized spacial score (nSPS) is 18.1. The standard InChI is InChI=1S/C16H23N3O2/c1-3-4-9-17-15(20)11-19-14-8-6-5-7-13(14)10-18-12(2)16(19)21/h5-8,12,18H,3-4,9-11H2,1-2H3,(H,17,20). The average molecular weight is 289 g/mol. The molecule has 0 radical (unpaired) electrons. The number of fused-ring (bicyclic) bond motifs is 1. The van der Waals surface area contributed by atoms with E-state index in [2.05, 4.69) is 17.6 Å². The minimum absolute atomic E-state index is 0.0643. The fraction of sp³-hybridized carbons (Fsp3) is 0.500. The summed E-state index contributed by atoms with van der Waals surface area (Å²) in [5, 5.41) is 6.05. The highest BCUT2D eigenvalue weighted by atomic mass is 16.2. The molecule has 2 N–H and O–H groups in total. The topological polar surface area (TPSA) is 61.4 Å². The van der Waals surface area contributed by atoms with Crippen molar-refractivity contribution < 1.29 is 9.59 Å². The van der Waals surface area contributed by atoms with E-state index in [1.165, 1.54) is 0 Å². The second kappa shape index (κ2) is 7.22. The molecule has 0 saturated heterocycles. The second-order valence-corrected chi connectivity index (χ2v) is 5.36. The van der Waals surface area contributed by atoms with Crippen molar-refractivity contribution in [3.63, 3.8) is 0 Å². The molecular formula is C16H23N3O2. The Kier molecular flexibility index (Phi) is 5.33. The van der Waals surface area contributed by atoms with Crippen LogP contribution in [0.15, 0.2) is 24.3 Å². The molecule has 1 aromatic rings. The number of carbonyl (C=O) groups excluding carboxylic acids is 2. The van der Waals surface area contributed by atoms with Crippen LogP contribution in [0, 0.1) is 0 Å². The quantitative estimate of drug-likeness (QED) is 0.806. The zero-order valence-electron chi connectivity index (χ0n) is 12.7. The molecule has 2 rings (SSSR count). The lowest BCUT2D eigenvalue weighted by Crippen LogP contribution is -2.47. The highest BCUT2D eigenvalue weighted by Gasteiger charge is 2.28. The Bertz CT molecular complexity index is 516. The van der Waals surface area contributed by atoms with Gasteiger partial charge in [0, 0.05) is 18.8 Å².